The Morgan fingerprint density at radius 2 is 1.86 bits per heavy atom. The second-order valence-electron chi connectivity index (χ2n) is 4.15. The van der Waals surface area contributed by atoms with Crippen molar-refractivity contribution in [3.05, 3.63) is 65.0 Å². The first-order chi connectivity index (χ1) is 10.0. The van der Waals surface area contributed by atoms with Crippen molar-refractivity contribution in [3.8, 4) is 0 Å². The van der Waals surface area contributed by atoms with Crippen LogP contribution in [0.1, 0.15) is 11.1 Å². The summed E-state index contributed by atoms with van der Waals surface area (Å²) in [5.41, 5.74) is 6.36. The summed E-state index contributed by atoms with van der Waals surface area (Å²) in [6, 6.07) is 7.44. The molecule has 0 heterocycles. The average molecular weight is 312 g/mol. The Labute approximate surface area is 123 Å². The van der Waals surface area contributed by atoms with Gasteiger partial charge in [-0.25, -0.2) is 13.2 Å². The predicted molar refractivity (Wildman–Crippen MR) is 74.8 cm³/mol. The first-order valence-electron chi connectivity index (χ1n) is 5.85. The molecular weight excluding hydrogens is 301 g/mol. The first-order valence-corrected chi connectivity index (χ1v) is 6.84. The van der Waals surface area contributed by atoms with E-state index >= 15 is 0 Å². The maximum atomic E-state index is 13.2. The van der Waals surface area contributed by atoms with Crippen molar-refractivity contribution in [1.82, 2.24) is 0 Å². The minimum absolute atomic E-state index is 0.213. The Bertz CT molecular complexity index is 692. The fourth-order valence-corrected chi connectivity index (χ4v) is 2.62. The monoisotopic (exact) mass is 312 g/mol. The van der Waals surface area contributed by atoms with E-state index in [0.717, 1.165) is 18.2 Å². The lowest BCUT2D eigenvalue weighted by Crippen LogP contribution is -2.15. The molecule has 0 fully saturated rings. The van der Waals surface area contributed by atoms with Crippen LogP contribution in [0.15, 0.2) is 46.4 Å². The molecule has 0 aliphatic carbocycles. The lowest BCUT2D eigenvalue weighted by Gasteiger charge is -2.08. The summed E-state index contributed by atoms with van der Waals surface area (Å²) in [5.74, 6) is -2.25. The van der Waals surface area contributed by atoms with Gasteiger partial charge < -0.3 is 10.9 Å². The van der Waals surface area contributed by atoms with Gasteiger partial charge in [0.15, 0.2) is 17.5 Å². The van der Waals surface area contributed by atoms with Gasteiger partial charge in [0, 0.05) is 16.2 Å². The standard InChI is InChI=1S/C14H11F3N2OS/c15-9-2-1-8(11(5-9)14(18)19-20)7-21-10-3-4-12(16)13(17)6-10/h1-6,20H,7H2,(H2,18,19). The fraction of sp³-hybridized carbons (Fsp3) is 0.0714. The molecule has 7 heteroatoms. The number of rotatable bonds is 4. The highest BCUT2D eigenvalue weighted by atomic mass is 32.2. The number of benzene rings is 2. The van der Waals surface area contributed by atoms with Crippen molar-refractivity contribution in [2.45, 2.75) is 10.6 Å². The third kappa shape index (κ3) is 3.69. The molecule has 0 atom stereocenters. The van der Waals surface area contributed by atoms with Crippen LogP contribution in [-0.2, 0) is 5.75 Å². The molecule has 110 valence electrons. The summed E-state index contributed by atoms with van der Waals surface area (Å²) in [6.07, 6.45) is 0. The Morgan fingerprint density at radius 3 is 2.52 bits per heavy atom. The van der Waals surface area contributed by atoms with Gasteiger partial charge in [0.25, 0.3) is 0 Å². The minimum atomic E-state index is -0.934. The van der Waals surface area contributed by atoms with E-state index in [2.05, 4.69) is 5.16 Å². The number of oxime groups is 1. The zero-order chi connectivity index (χ0) is 15.4. The molecule has 2 aromatic carbocycles. The van der Waals surface area contributed by atoms with Gasteiger partial charge in [0.1, 0.15) is 5.82 Å². The van der Waals surface area contributed by atoms with Gasteiger partial charge >= 0.3 is 0 Å². The number of halogens is 3. The van der Waals surface area contributed by atoms with Crippen LogP contribution >= 0.6 is 11.8 Å². The third-order valence-electron chi connectivity index (χ3n) is 2.74. The van der Waals surface area contributed by atoms with Gasteiger partial charge in [-0.05, 0) is 35.9 Å². The molecular formula is C14H11F3N2OS. The second-order valence-corrected chi connectivity index (χ2v) is 5.20. The van der Waals surface area contributed by atoms with Crippen molar-refractivity contribution >= 4 is 17.6 Å². The Kier molecular flexibility index (Phi) is 4.74. The average Bonchev–Trinajstić information content (AvgIpc) is 2.48. The highest BCUT2D eigenvalue weighted by Crippen LogP contribution is 2.26. The lowest BCUT2D eigenvalue weighted by atomic mass is 10.1. The Morgan fingerprint density at radius 1 is 1.10 bits per heavy atom. The summed E-state index contributed by atoms with van der Waals surface area (Å²) >= 11 is 1.22. The van der Waals surface area contributed by atoms with Crippen molar-refractivity contribution in [2.75, 3.05) is 0 Å². The van der Waals surface area contributed by atoms with E-state index in [1.54, 1.807) is 0 Å². The van der Waals surface area contributed by atoms with E-state index in [-0.39, 0.29) is 11.4 Å². The molecule has 0 aliphatic heterocycles. The molecule has 0 saturated carbocycles. The highest BCUT2D eigenvalue weighted by molar-refractivity contribution is 7.98. The zero-order valence-corrected chi connectivity index (χ0v) is 11.5. The van der Waals surface area contributed by atoms with Crippen molar-refractivity contribution in [3.63, 3.8) is 0 Å². The van der Waals surface area contributed by atoms with Crippen LogP contribution in [0.4, 0.5) is 13.2 Å². The van der Waals surface area contributed by atoms with Crippen LogP contribution in [0.3, 0.4) is 0 Å². The SMILES string of the molecule is NC(=NO)c1cc(F)ccc1CSc1ccc(F)c(F)c1. The molecule has 3 nitrogen and oxygen atoms in total. The van der Waals surface area contributed by atoms with E-state index in [4.69, 9.17) is 10.9 Å². The van der Waals surface area contributed by atoms with Crippen LogP contribution in [0, 0.1) is 17.5 Å². The van der Waals surface area contributed by atoms with E-state index in [1.807, 2.05) is 0 Å². The molecule has 0 bridgehead atoms. The van der Waals surface area contributed by atoms with Crippen LogP contribution in [0.2, 0.25) is 0 Å². The predicted octanol–water partition coefficient (Wildman–Crippen LogP) is 3.49. The maximum absolute atomic E-state index is 13.2. The molecule has 2 aromatic rings. The molecule has 0 spiro atoms. The maximum Gasteiger partial charge on any atom is 0.170 e. The normalized spacial score (nSPS) is 11.7. The molecule has 3 N–H and O–H groups in total. The summed E-state index contributed by atoms with van der Waals surface area (Å²) in [7, 11) is 0. The van der Waals surface area contributed by atoms with Crippen molar-refractivity contribution in [2.24, 2.45) is 10.9 Å². The van der Waals surface area contributed by atoms with E-state index in [1.165, 1.54) is 30.0 Å². The molecule has 2 rings (SSSR count). The van der Waals surface area contributed by atoms with E-state index in [9.17, 15) is 13.2 Å². The van der Waals surface area contributed by atoms with E-state index < -0.39 is 17.5 Å². The van der Waals surface area contributed by atoms with Crippen LogP contribution < -0.4 is 5.73 Å². The largest absolute Gasteiger partial charge is 0.409 e. The number of nitrogens with zero attached hydrogens (tertiary/aromatic N) is 1. The van der Waals surface area contributed by atoms with Gasteiger partial charge in [-0.3, -0.25) is 0 Å². The van der Waals surface area contributed by atoms with Crippen molar-refractivity contribution < 1.29 is 18.4 Å². The molecule has 0 aliphatic rings. The van der Waals surface area contributed by atoms with E-state index in [0.29, 0.717) is 16.2 Å². The summed E-state index contributed by atoms with van der Waals surface area (Å²) in [6.45, 7) is 0. The smallest absolute Gasteiger partial charge is 0.170 e. The van der Waals surface area contributed by atoms with Gasteiger partial charge in [-0.15, -0.1) is 11.8 Å². The van der Waals surface area contributed by atoms with Gasteiger partial charge in [-0.1, -0.05) is 11.2 Å². The summed E-state index contributed by atoms with van der Waals surface area (Å²) in [5, 5.41) is 11.5. The quantitative estimate of drug-likeness (QED) is 0.299. The molecule has 21 heavy (non-hydrogen) atoms. The molecule has 0 saturated heterocycles. The van der Waals surface area contributed by atoms with Crippen LogP contribution in [0.25, 0.3) is 0 Å². The summed E-state index contributed by atoms with van der Waals surface area (Å²) < 4.78 is 39.2. The first kappa shape index (κ1) is 15.2. The number of hydrogen-bond acceptors (Lipinski definition) is 3. The van der Waals surface area contributed by atoms with Crippen molar-refractivity contribution in [1.29, 1.82) is 0 Å². The number of thioether (sulfide) groups is 1. The number of amidine groups is 1. The Hall–Kier alpha value is -2.15. The molecule has 0 amide bonds. The molecule has 0 aromatic heterocycles. The topological polar surface area (TPSA) is 58.6 Å². The van der Waals surface area contributed by atoms with Gasteiger partial charge in [-0.2, -0.15) is 0 Å². The van der Waals surface area contributed by atoms with Crippen LogP contribution in [-0.4, -0.2) is 11.0 Å². The number of hydrogen-bond donors (Lipinski definition) is 2. The number of nitrogens with two attached hydrogens (primary N) is 1. The van der Waals surface area contributed by atoms with Gasteiger partial charge in [0.05, 0.1) is 0 Å². The summed E-state index contributed by atoms with van der Waals surface area (Å²) in [4.78, 5) is 0.517. The molecule has 0 radical (unpaired) electrons. The minimum Gasteiger partial charge on any atom is -0.409 e. The fourth-order valence-electron chi connectivity index (χ4n) is 1.69. The second kappa shape index (κ2) is 6.53. The van der Waals surface area contributed by atoms with Gasteiger partial charge in [0.2, 0.25) is 0 Å². The third-order valence-corrected chi connectivity index (χ3v) is 3.78. The molecule has 0 unspecified atom stereocenters. The Balaban J connectivity index is 2.21. The highest BCUT2D eigenvalue weighted by Gasteiger charge is 2.10. The van der Waals surface area contributed by atoms with Crippen LogP contribution in [0.5, 0.6) is 0 Å². The lowest BCUT2D eigenvalue weighted by molar-refractivity contribution is 0.318. The zero-order valence-electron chi connectivity index (χ0n) is 10.7.